The average Bonchev–Trinajstić information content (AvgIpc) is 3.38. The predicted octanol–water partition coefficient (Wildman–Crippen LogP) is 5.84. The highest BCUT2D eigenvalue weighted by molar-refractivity contribution is 5.86. The monoisotopic (exact) mass is 505 g/mol. The molecule has 4 fully saturated rings. The molecule has 2 aromatic rings. The van der Waals surface area contributed by atoms with Gasteiger partial charge < -0.3 is 24.3 Å². The summed E-state index contributed by atoms with van der Waals surface area (Å²) in [6.07, 6.45) is 6.44. The number of fused-ring (bicyclic) bond motifs is 7. The van der Waals surface area contributed by atoms with E-state index in [1.165, 1.54) is 34.2 Å². The van der Waals surface area contributed by atoms with Gasteiger partial charge in [-0.05, 0) is 88.7 Å². The van der Waals surface area contributed by atoms with Crippen molar-refractivity contribution >= 4 is 10.9 Å². The van der Waals surface area contributed by atoms with E-state index in [0.717, 1.165) is 25.7 Å². The van der Waals surface area contributed by atoms with Gasteiger partial charge >= 0.3 is 0 Å². The molecule has 2 N–H and O–H groups in total. The van der Waals surface area contributed by atoms with Crippen molar-refractivity contribution in [3.05, 3.63) is 47.2 Å². The van der Waals surface area contributed by atoms with Crippen LogP contribution in [0.2, 0.25) is 0 Å². The van der Waals surface area contributed by atoms with Gasteiger partial charge in [0.1, 0.15) is 23.9 Å². The van der Waals surface area contributed by atoms with Gasteiger partial charge in [-0.3, -0.25) is 0 Å². The average molecular weight is 506 g/mol. The number of benzene rings is 1. The zero-order valence-corrected chi connectivity index (χ0v) is 23.3. The molecule has 5 aliphatic rings. The Labute approximate surface area is 220 Å². The van der Waals surface area contributed by atoms with Crippen molar-refractivity contribution < 1.29 is 19.3 Å². The second-order valence-corrected chi connectivity index (χ2v) is 13.8. The number of ether oxygens (including phenoxy) is 3. The van der Waals surface area contributed by atoms with E-state index in [1.807, 2.05) is 13.8 Å². The van der Waals surface area contributed by atoms with Crippen molar-refractivity contribution in [3.8, 4) is 0 Å². The summed E-state index contributed by atoms with van der Waals surface area (Å²) >= 11 is 0. The maximum atomic E-state index is 11.6. The largest absolute Gasteiger partial charge is 0.387 e. The molecule has 200 valence electrons. The van der Waals surface area contributed by atoms with Gasteiger partial charge in [0.2, 0.25) is 0 Å². The lowest BCUT2D eigenvalue weighted by Gasteiger charge is -2.62. The maximum Gasteiger partial charge on any atom is 0.127 e. The summed E-state index contributed by atoms with van der Waals surface area (Å²) in [5.74, 6) is 1.02. The number of hydrogen-bond acceptors (Lipinski definition) is 4. The van der Waals surface area contributed by atoms with E-state index < -0.39 is 17.8 Å². The molecule has 1 spiro atoms. The van der Waals surface area contributed by atoms with Crippen LogP contribution in [0.15, 0.2) is 35.9 Å². The smallest absolute Gasteiger partial charge is 0.127 e. The SMILES string of the molecule is CC(C)=CCOC(C)(C)C1OC2CCC3(C)C(CCC4Cc5c([nH]c6ccccc56)C43C)C23OC3C1O. The van der Waals surface area contributed by atoms with Crippen LogP contribution in [-0.2, 0) is 26.0 Å². The van der Waals surface area contributed by atoms with Crippen LogP contribution in [0.1, 0.15) is 78.5 Å². The summed E-state index contributed by atoms with van der Waals surface area (Å²) in [5.41, 5.74) is 4.66. The molecule has 2 saturated heterocycles. The fourth-order valence-electron chi connectivity index (χ4n) is 9.47. The van der Waals surface area contributed by atoms with Crippen molar-refractivity contribution in [2.45, 2.75) is 115 Å². The Morgan fingerprint density at radius 3 is 2.76 bits per heavy atom. The van der Waals surface area contributed by atoms with E-state index in [4.69, 9.17) is 14.2 Å². The zero-order valence-electron chi connectivity index (χ0n) is 23.3. The highest BCUT2D eigenvalue weighted by Crippen LogP contribution is 2.73. The van der Waals surface area contributed by atoms with Crippen LogP contribution >= 0.6 is 0 Å². The lowest BCUT2D eigenvalue weighted by molar-refractivity contribution is -0.232. The van der Waals surface area contributed by atoms with Gasteiger partial charge in [0.25, 0.3) is 0 Å². The van der Waals surface area contributed by atoms with Crippen molar-refractivity contribution in [3.63, 3.8) is 0 Å². The van der Waals surface area contributed by atoms with Crippen LogP contribution in [0, 0.1) is 17.3 Å². The number of para-hydroxylation sites is 1. The minimum Gasteiger partial charge on any atom is -0.387 e. The molecular formula is C32H43NO4. The third kappa shape index (κ3) is 3.00. The molecule has 7 rings (SSSR count). The van der Waals surface area contributed by atoms with E-state index in [2.05, 4.69) is 63.0 Å². The summed E-state index contributed by atoms with van der Waals surface area (Å²) in [4.78, 5) is 3.89. The van der Waals surface area contributed by atoms with Crippen molar-refractivity contribution in [1.29, 1.82) is 0 Å². The van der Waals surface area contributed by atoms with E-state index in [9.17, 15) is 5.11 Å². The molecule has 0 radical (unpaired) electrons. The van der Waals surface area contributed by atoms with Gasteiger partial charge in [-0.25, -0.2) is 0 Å². The Morgan fingerprint density at radius 2 is 1.97 bits per heavy atom. The molecule has 1 aromatic heterocycles. The first-order valence-corrected chi connectivity index (χ1v) is 14.4. The molecule has 9 atom stereocenters. The highest BCUT2D eigenvalue weighted by Gasteiger charge is 2.80. The normalized spacial score (nSPS) is 43.9. The van der Waals surface area contributed by atoms with E-state index >= 15 is 0 Å². The lowest BCUT2D eigenvalue weighted by Crippen LogP contribution is -2.68. The van der Waals surface area contributed by atoms with Crippen molar-refractivity contribution in [2.24, 2.45) is 17.3 Å². The molecule has 0 bridgehead atoms. The fraction of sp³-hybridized carbons (Fsp3) is 0.688. The molecule has 37 heavy (non-hydrogen) atoms. The first-order chi connectivity index (χ1) is 17.5. The van der Waals surface area contributed by atoms with Gasteiger partial charge in [0, 0.05) is 22.0 Å². The summed E-state index contributed by atoms with van der Waals surface area (Å²) in [7, 11) is 0. The Morgan fingerprint density at radius 1 is 1.19 bits per heavy atom. The van der Waals surface area contributed by atoms with Crippen LogP contribution in [0.4, 0.5) is 0 Å². The number of nitrogens with one attached hydrogen (secondary N) is 1. The molecular weight excluding hydrogens is 462 g/mol. The molecule has 2 saturated carbocycles. The number of aromatic nitrogens is 1. The summed E-state index contributed by atoms with van der Waals surface area (Å²) in [5, 5.41) is 13.0. The molecule has 1 aromatic carbocycles. The second-order valence-electron chi connectivity index (χ2n) is 13.8. The standard InChI is InChI=1S/C32H43NO4/c1-18(2)14-16-35-29(3,4)27-25(34)28-32(37-28)23-12-11-19-17-21-20-9-7-8-10-22(20)33-26(21)31(19,6)30(23,5)15-13-24(32)36-27/h7-10,14,19,23-25,27-28,33-34H,11-13,15-17H2,1-6H3. The van der Waals surface area contributed by atoms with Crippen LogP contribution in [-0.4, -0.2) is 52.3 Å². The molecule has 3 heterocycles. The molecule has 0 amide bonds. The van der Waals surface area contributed by atoms with Crippen LogP contribution < -0.4 is 0 Å². The number of hydrogen-bond donors (Lipinski definition) is 2. The summed E-state index contributed by atoms with van der Waals surface area (Å²) in [6.45, 7) is 13.8. The molecule has 5 heteroatoms. The highest BCUT2D eigenvalue weighted by atomic mass is 16.7. The van der Waals surface area contributed by atoms with E-state index in [1.54, 1.807) is 0 Å². The number of H-pyrrole nitrogens is 1. The number of aromatic amines is 1. The number of rotatable bonds is 4. The van der Waals surface area contributed by atoms with Gasteiger partial charge in [-0.1, -0.05) is 43.7 Å². The van der Waals surface area contributed by atoms with Gasteiger partial charge in [0.05, 0.1) is 18.3 Å². The molecule has 2 aliphatic heterocycles. The fourth-order valence-corrected chi connectivity index (χ4v) is 9.47. The molecule has 3 aliphatic carbocycles. The summed E-state index contributed by atoms with van der Waals surface area (Å²) < 4.78 is 19.7. The van der Waals surface area contributed by atoms with E-state index in [0.29, 0.717) is 18.4 Å². The third-order valence-corrected chi connectivity index (χ3v) is 11.6. The number of aliphatic hydroxyl groups excluding tert-OH is 1. The lowest BCUT2D eigenvalue weighted by atomic mass is 9.43. The van der Waals surface area contributed by atoms with Crippen LogP contribution in [0.5, 0.6) is 0 Å². The number of aliphatic hydroxyl groups is 1. The number of epoxide rings is 1. The first kappa shape index (κ1) is 24.4. The number of allylic oxidation sites excluding steroid dienone is 1. The minimum atomic E-state index is -0.682. The van der Waals surface area contributed by atoms with E-state index in [-0.39, 0.29) is 28.6 Å². The Kier molecular flexibility index (Phi) is 5.08. The second kappa shape index (κ2) is 7.71. The quantitative estimate of drug-likeness (QED) is 0.405. The first-order valence-electron chi connectivity index (χ1n) is 14.4. The van der Waals surface area contributed by atoms with Crippen LogP contribution in [0.25, 0.3) is 10.9 Å². The van der Waals surface area contributed by atoms with Gasteiger partial charge in [0.15, 0.2) is 0 Å². The predicted molar refractivity (Wildman–Crippen MR) is 145 cm³/mol. The van der Waals surface area contributed by atoms with Crippen LogP contribution in [0.3, 0.4) is 0 Å². The Hall–Kier alpha value is -1.66. The minimum absolute atomic E-state index is 0.0130. The third-order valence-electron chi connectivity index (χ3n) is 11.6. The molecule has 5 nitrogen and oxygen atoms in total. The topological polar surface area (TPSA) is 67.0 Å². The Balaban J connectivity index is 1.21. The van der Waals surface area contributed by atoms with Gasteiger partial charge in [-0.15, -0.1) is 0 Å². The van der Waals surface area contributed by atoms with Crippen molar-refractivity contribution in [1.82, 2.24) is 4.98 Å². The molecule has 9 unspecified atom stereocenters. The maximum absolute atomic E-state index is 11.6. The van der Waals surface area contributed by atoms with Gasteiger partial charge in [-0.2, -0.15) is 0 Å². The van der Waals surface area contributed by atoms with Crippen molar-refractivity contribution in [2.75, 3.05) is 6.61 Å². The zero-order chi connectivity index (χ0) is 26.0. The Bertz CT molecular complexity index is 1270. The summed E-state index contributed by atoms with van der Waals surface area (Å²) in [6, 6.07) is 8.80.